The average Bonchev–Trinajstić information content (AvgIpc) is 2.79. The highest BCUT2D eigenvalue weighted by Gasteiger charge is 2.21. The molecule has 7 nitrogen and oxygen atoms in total. The molecule has 0 aliphatic carbocycles. The van der Waals surface area contributed by atoms with Crippen molar-refractivity contribution < 1.29 is 19.1 Å². The third-order valence-electron chi connectivity index (χ3n) is 5.34. The van der Waals surface area contributed by atoms with Gasteiger partial charge >= 0.3 is 5.97 Å². The molecule has 0 spiro atoms. The van der Waals surface area contributed by atoms with Gasteiger partial charge in [-0.25, -0.2) is 4.79 Å². The molecule has 0 saturated heterocycles. The molecule has 1 N–H and O–H groups in total. The number of anilines is 1. The Hall–Kier alpha value is -3.58. The number of pyridine rings is 1. The topological polar surface area (TPSA) is 86.6 Å². The van der Waals surface area contributed by atoms with E-state index in [1.165, 1.54) is 23.9 Å². The van der Waals surface area contributed by atoms with Crippen LogP contribution in [0.25, 0.3) is 11.1 Å². The molecule has 8 heteroatoms. The van der Waals surface area contributed by atoms with Crippen molar-refractivity contribution in [2.24, 2.45) is 0 Å². The van der Waals surface area contributed by atoms with Gasteiger partial charge in [-0.3, -0.25) is 14.2 Å². The van der Waals surface area contributed by atoms with Crippen LogP contribution >= 0.6 is 11.6 Å². The molecule has 1 atom stereocenters. The van der Waals surface area contributed by atoms with Crippen LogP contribution in [0, 0.1) is 6.92 Å². The van der Waals surface area contributed by atoms with Gasteiger partial charge in [0.25, 0.3) is 5.56 Å². The van der Waals surface area contributed by atoms with Crippen LogP contribution in [0.2, 0.25) is 5.02 Å². The Bertz CT molecular complexity index is 1310. The first-order chi connectivity index (χ1) is 16.4. The molecule has 0 radical (unpaired) electrons. The number of hydrogen-bond donors (Lipinski definition) is 1. The van der Waals surface area contributed by atoms with Crippen LogP contribution in [-0.4, -0.2) is 29.2 Å². The van der Waals surface area contributed by atoms with Gasteiger partial charge in [0, 0.05) is 22.3 Å². The second-order valence-electron chi connectivity index (χ2n) is 9.20. The third kappa shape index (κ3) is 6.31. The number of ether oxygens (including phenoxy) is 2. The molecule has 1 unspecified atom stereocenters. The summed E-state index contributed by atoms with van der Waals surface area (Å²) in [7, 11) is 1.50. The molecule has 0 aliphatic heterocycles. The van der Waals surface area contributed by atoms with Gasteiger partial charge in [-0.05, 0) is 82.1 Å². The highest BCUT2D eigenvalue weighted by atomic mass is 35.5. The Morgan fingerprint density at radius 2 is 1.69 bits per heavy atom. The number of aryl methyl sites for hydroxylation is 1. The summed E-state index contributed by atoms with van der Waals surface area (Å²) in [5, 5.41) is 3.32. The lowest BCUT2D eigenvalue weighted by atomic mass is 10.0. The number of nitrogens with zero attached hydrogens (tertiary/aromatic N) is 1. The first-order valence-electron chi connectivity index (χ1n) is 11.1. The Kier molecular flexibility index (Phi) is 7.70. The number of carbonyl (C=O) groups excluding carboxylic acids is 2. The lowest BCUT2D eigenvalue weighted by molar-refractivity contribution is -0.118. The number of benzene rings is 2. The molecule has 1 heterocycles. The molecule has 0 saturated carbocycles. The van der Waals surface area contributed by atoms with Crippen LogP contribution in [0.15, 0.2) is 59.5 Å². The van der Waals surface area contributed by atoms with Crippen molar-refractivity contribution in [2.45, 2.75) is 46.3 Å². The van der Waals surface area contributed by atoms with Crippen LogP contribution in [0.1, 0.15) is 49.7 Å². The lowest BCUT2D eigenvalue weighted by Gasteiger charge is -2.20. The van der Waals surface area contributed by atoms with E-state index in [-0.39, 0.29) is 5.56 Å². The van der Waals surface area contributed by atoms with Crippen molar-refractivity contribution in [1.29, 1.82) is 0 Å². The summed E-state index contributed by atoms with van der Waals surface area (Å²) in [6.45, 7) is 8.91. The Morgan fingerprint density at radius 1 is 1.03 bits per heavy atom. The normalized spacial score (nSPS) is 12.1. The quantitative estimate of drug-likeness (QED) is 0.446. The number of carbonyl (C=O) groups is 2. The first kappa shape index (κ1) is 26.0. The molecule has 0 bridgehead atoms. The first-order valence-corrected chi connectivity index (χ1v) is 11.5. The fourth-order valence-corrected chi connectivity index (χ4v) is 3.66. The van der Waals surface area contributed by atoms with Crippen LogP contribution in [0.4, 0.5) is 5.69 Å². The maximum Gasteiger partial charge on any atom is 0.338 e. The minimum absolute atomic E-state index is 0.358. The summed E-state index contributed by atoms with van der Waals surface area (Å²) in [4.78, 5) is 38.0. The molecular weight excluding hydrogens is 468 g/mol. The van der Waals surface area contributed by atoms with E-state index in [9.17, 15) is 14.4 Å². The van der Waals surface area contributed by atoms with Crippen molar-refractivity contribution in [3.8, 4) is 16.9 Å². The largest absolute Gasteiger partial charge is 0.495 e. The number of halogens is 1. The maximum atomic E-state index is 13.0. The van der Waals surface area contributed by atoms with Crippen LogP contribution in [-0.2, 0) is 9.53 Å². The molecule has 2 aromatic carbocycles. The Balaban J connectivity index is 1.82. The van der Waals surface area contributed by atoms with Crippen LogP contribution in [0.3, 0.4) is 0 Å². The summed E-state index contributed by atoms with van der Waals surface area (Å²) in [6.07, 6.45) is 1.52. The molecule has 0 aliphatic rings. The summed E-state index contributed by atoms with van der Waals surface area (Å²) in [6, 6.07) is 12.4. The molecule has 3 aromatic rings. The molecule has 1 aromatic heterocycles. The summed E-state index contributed by atoms with van der Waals surface area (Å²) < 4.78 is 12.2. The van der Waals surface area contributed by atoms with E-state index >= 15 is 0 Å². The van der Waals surface area contributed by atoms with Gasteiger partial charge in [0.1, 0.15) is 17.4 Å². The number of rotatable bonds is 6. The number of hydrogen-bond acceptors (Lipinski definition) is 5. The fourth-order valence-electron chi connectivity index (χ4n) is 3.49. The van der Waals surface area contributed by atoms with Crippen LogP contribution in [0.5, 0.6) is 5.75 Å². The van der Waals surface area contributed by atoms with Gasteiger partial charge < -0.3 is 14.8 Å². The zero-order valence-corrected chi connectivity index (χ0v) is 21.4. The van der Waals surface area contributed by atoms with Gasteiger partial charge in [-0.2, -0.15) is 0 Å². The summed E-state index contributed by atoms with van der Waals surface area (Å²) >= 11 is 6.15. The van der Waals surface area contributed by atoms with Gasteiger partial charge in [-0.1, -0.05) is 17.7 Å². The van der Waals surface area contributed by atoms with E-state index in [0.29, 0.717) is 27.6 Å². The highest BCUT2D eigenvalue weighted by Crippen LogP contribution is 2.33. The molecule has 1 amide bonds. The van der Waals surface area contributed by atoms with E-state index in [1.54, 1.807) is 64.1 Å². The van der Waals surface area contributed by atoms with Crippen molar-refractivity contribution in [3.63, 3.8) is 0 Å². The molecular formula is C27H29ClN2O5. The summed E-state index contributed by atoms with van der Waals surface area (Å²) in [5.41, 5.74) is 2.21. The van der Waals surface area contributed by atoms with E-state index in [2.05, 4.69) is 5.32 Å². The predicted octanol–water partition coefficient (Wildman–Crippen LogP) is 5.64. The van der Waals surface area contributed by atoms with E-state index < -0.39 is 23.5 Å². The lowest BCUT2D eigenvalue weighted by Crippen LogP contribution is -2.31. The van der Waals surface area contributed by atoms with Gasteiger partial charge in [0.2, 0.25) is 5.91 Å². The van der Waals surface area contributed by atoms with Crippen molar-refractivity contribution in [3.05, 3.63) is 81.2 Å². The predicted molar refractivity (Wildman–Crippen MR) is 137 cm³/mol. The maximum absolute atomic E-state index is 13.0. The van der Waals surface area contributed by atoms with E-state index in [4.69, 9.17) is 21.1 Å². The zero-order valence-electron chi connectivity index (χ0n) is 20.6. The average molecular weight is 497 g/mol. The minimum Gasteiger partial charge on any atom is -0.495 e. The fraction of sp³-hybridized carbons (Fsp3) is 0.296. The van der Waals surface area contributed by atoms with Crippen molar-refractivity contribution in [2.75, 3.05) is 12.4 Å². The SMILES string of the molecule is COc1cn(C(C)C(=O)Nc2ccc(C(=O)OC(C)(C)C)cc2)c(=O)cc1-c1cc(Cl)ccc1C. The summed E-state index contributed by atoms with van der Waals surface area (Å²) in [5.74, 6) is -0.403. The smallest absolute Gasteiger partial charge is 0.338 e. The monoisotopic (exact) mass is 496 g/mol. The number of aromatic nitrogens is 1. The van der Waals surface area contributed by atoms with E-state index in [0.717, 1.165) is 11.1 Å². The molecule has 3 rings (SSSR count). The highest BCUT2D eigenvalue weighted by molar-refractivity contribution is 6.30. The van der Waals surface area contributed by atoms with Crippen molar-refractivity contribution in [1.82, 2.24) is 4.57 Å². The van der Waals surface area contributed by atoms with Gasteiger partial charge in [0.15, 0.2) is 0 Å². The molecule has 35 heavy (non-hydrogen) atoms. The second kappa shape index (κ2) is 10.4. The number of nitrogens with one attached hydrogen (secondary N) is 1. The standard InChI is InChI=1S/C27H29ClN2O5/c1-16-7-10-19(28)13-21(16)22-14-24(31)30(15-23(22)34-6)17(2)25(32)29-20-11-8-18(9-12-20)26(33)35-27(3,4)5/h7-15,17H,1-6H3,(H,29,32). The van der Waals surface area contributed by atoms with Crippen LogP contribution < -0.4 is 15.6 Å². The van der Waals surface area contributed by atoms with Gasteiger partial charge in [0.05, 0.1) is 18.9 Å². The molecule has 184 valence electrons. The van der Waals surface area contributed by atoms with E-state index in [1.807, 2.05) is 13.0 Å². The second-order valence-corrected chi connectivity index (χ2v) is 9.64. The van der Waals surface area contributed by atoms with Gasteiger partial charge in [-0.15, -0.1) is 0 Å². The Labute approximate surface area is 209 Å². The molecule has 0 fully saturated rings. The number of methoxy groups -OCH3 is 1. The minimum atomic E-state index is -0.823. The Morgan fingerprint density at radius 3 is 2.29 bits per heavy atom. The third-order valence-corrected chi connectivity index (χ3v) is 5.57. The number of amides is 1. The van der Waals surface area contributed by atoms with Crippen molar-refractivity contribution >= 4 is 29.2 Å². The zero-order chi connectivity index (χ0) is 25.9. The number of esters is 1.